The van der Waals surface area contributed by atoms with Gasteiger partial charge in [-0.05, 0) is 46.8 Å². The van der Waals surface area contributed by atoms with Crippen LogP contribution in [0.5, 0.6) is 0 Å². The zero-order valence-electron chi connectivity index (χ0n) is 8.59. The average molecular weight is 177 g/mol. The quantitative estimate of drug-likeness (QED) is 0.397. The van der Waals surface area contributed by atoms with Gasteiger partial charge in [-0.15, -0.1) is 0 Å². The van der Waals surface area contributed by atoms with Crippen LogP contribution in [0.1, 0.15) is 19.3 Å². The maximum atomic E-state index is 5.50. The molecule has 4 nitrogen and oxygen atoms in total. The molecule has 0 amide bonds. The SMILES string of the molecule is CN.CN.CN.NC1C[CH]CC1. The first-order valence-electron chi connectivity index (χ1n) is 4.20. The molecule has 0 heterocycles. The van der Waals surface area contributed by atoms with Crippen molar-refractivity contribution in [1.82, 2.24) is 0 Å². The number of nitrogens with two attached hydrogens (primary N) is 4. The van der Waals surface area contributed by atoms with Crippen LogP contribution in [-0.4, -0.2) is 27.2 Å². The first-order chi connectivity index (χ1) is 5.89. The fourth-order valence-electron chi connectivity index (χ4n) is 0.782. The minimum Gasteiger partial charge on any atom is -0.333 e. The van der Waals surface area contributed by atoms with Crippen LogP contribution in [0.3, 0.4) is 0 Å². The molecule has 1 radical (unpaired) electrons. The lowest BCUT2D eigenvalue weighted by molar-refractivity contribution is 0.711. The lowest BCUT2D eigenvalue weighted by Gasteiger charge is -1.92. The van der Waals surface area contributed by atoms with Gasteiger partial charge < -0.3 is 22.9 Å². The summed E-state index contributed by atoms with van der Waals surface area (Å²) in [4.78, 5) is 0. The molecule has 8 N–H and O–H groups in total. The van der Waals surface area contributed by atoms with Crippen LogP contribution in [-0.2, 0) is 0 Å². The van der Waals surface area contributed by atoms with E-state index in [0.29, 0.717) is 6.04 Å². The van der Waals surface area contributed by atoms with Gasteiger partial charge in [-0.25, -0.2) is 0 Å². The molecule has 1 unspecified atom stereocenters. The van der Waals surface area contributed by atoms with E-state index >= 15 is 0 Å². The molecule has 0 bridgehead atoms. The fourth-order valence-corrected chi connectivity index (χ4v) is 0.782. The largest absolute Gasteiger partial charge is 0.333 e. The van der Waals surface area contributed by atoms with Gasteiger partial charge in [0.2, 0.25) is 0 Å². The third-order valence-electron chi connectivity index (χ3n) is 1.21. The highest BCUT2D eigenvalue weighted by atomic mass is 14.6. The molecule has 77 valence electrons. The van der Waals surface area contributed by atoms with E-state index in [4.69, 9.17) is 5.73 Å². The van der Waals surface area contributed by atoms with E-state index in [2.05, 4.69) is 23.6 Å². The smallest absolute Gasteiger partial charge is 0.00416 e. The predicted molar refractivity (Wildman–Crippen MR) is 56.5 cm³/mol. The topological polar surface area (TPSA) is 104 Å². The van der Waals surface area contributed by atoms with E-state index in [1.54, 1.807) is 0 Å². The minimum atomic E-state index is 0.491. The first-order valence-corrected chi connectivity index (χ1v) is 4.20. The Labute approximate surface area is 76.7 Å². The van der Waals surface area contributed by atoms with Gasteiger partial charge in [0.1, 0.15) is 0 Å². The number of hydrogen-bond acceptors (Lipinski definition) is 4. The van der Waals surface area contributed by atoms with E-state index in [9.17, 15) is 0 Å². The summed E-state index contributed by atoms with van der Waals surface area (Å²) in [6.07, 6.45) is 5.84. The highest BCUT2D eigenvalue weighted by molar-refractivity contribution is 4.82. The lowest BCUT2D eigenvalue weighted by Crippen LogP contribution is -2.13. The Balaban J connectivity index is -0.000000117. The standard InChI is InChI=1S/C5H10N.3CH5N/c6-5-3-1-2-4-5;3*1-2/h1,5H,2-4,6H2;3*2H2,1H3. The van der Waals surface area contributed by atoms with Crippen LogP contribution < -0.4 is 22.9 Å². The van der Waals surface area contributed by atoms with Gasteiger partial charge in [-0.3, -0.25) is 0 Å². The van der Waals surface area contributed by atoms with Crippen molar-refractivity contribution in [3.05, 3.63) is 6.42 Å². The second kappa shape index (κ2) is 22.4. The number of hydrogen-bond donors (Lipinski definition) is 4. The summed E-state index contributed by atoms with van der Waals surface area (Å²) in [7, 11) is 4.50. The predicted octanol–water partition coefficient (Wildman–Crippen LogP) is -0.573. The second-order valence-corrected chi connectivity index (χ2v) is 1.86. The Hall–Kier alpha value is -0.160. The van der Waals surface area contributed by atoms with Crippen molar-refractivity contribution in [3.63, 3.8) is 0 Å². The van der Waals surface area contributed by atoms with Crippen molar-refractivity contribution in [2.45, 2.75) is 25.3 Å². The Kier molecular flexibility index (Phi) is 33.3. The molecule has 1 rings (SSSR count). The van der Waals surface area contributed by atoms with Gasteiger partial charge in [0.25, 0.3) is 0 Å². The van der Waals surface area contributed by atoms with Gasteiger partial charge in [0, 0.05) is 6.04 Å². The van der Waals surface area contributed by atoms with E-state index < -0.39 is 0 Å². The molecule has 0 saturated heterocycles. The molecule has 0 aliphatic heterocycles. The number of rotatable bonds is 0. The molecule has 0 aromatic heterocycles. The van der Waals surface area contributed by atoms with E-state index in [0.717, 1.165) is 6.42 Å². The molecule has 4 heteroatoms. The van der Waals surface area contributed by atoms with Crippen molar-refractivity contribution in [1.29, 1.82) is 0 Å². The van der Waals surface area contributed by atoms with Crippen molar-refractivity contribution in [2.24, 2.45) is 22.9 Å². The first kappa shape index (κ1) is 17.8. The Morgan fingerprint density at radius 3 is 1.50 bits per heavy atom. The molecule has 12 heavy (non-hydrogen) atoms. The molecule has 1 fully saturated rings. The third kappa shape index (κ3) is 16.4. The van der Waals surface area contributed by atoms with Crippen LogP contribution in [0.4, 0.5) is 0 Å². The molecule has 1 aliphatic carbocycles. The maximum Gasteiger partial charge on any atom is 0.00416 e. The normalized spacial score (nSPS) is 14.2. The zero-order valence-corrected chi connectivity index (χ0v) is 8.59. The molecule has 1 saturated carbocycles. The highest BCUT2D eigenvalue weighted by Gasteiger charge is 2.07. The molecule has 0 aromatic rings. The molecular weight excluding hydrogens is 152 g/mol. The molecule has 0 spiro atoms. The second-order valence-electron chi connectivity index (χ2n) is 1.86. The summed E-state index contributed by atoms with van der Waals surface area (Å²) in [5.41, 5.74) is 19.0. The van der Waals surface area contributed by atoms with Gasteiger partial charge in [0.15, 0.2) is 0 Å². The third-order valence-corrected chi connectivity index (χ3v) is 1.21. The van der Waals surface area contributed by atoms with E-state index in [1.807, 2.05) is 0 Å². The maximum absolute atomic E-state index is 5.50. The van der Waals surface area contributed by atoms with E-state index in [1.165, 1.54) is 34.0 Å². The van der Waals surface area contributed by atoms with Gasteiger partial charge in [0.05, 0.1) is 0 Å². The molecule has 0 aromatic carbocycles. The Bertz CT molecular complexity index is 44.3. The van der Waals surface area contributed by atoms with Crippen molar-refractivity contribution in [3.8, 4) is 0 Å². The fraction of sp³-hybridized carbons (Fsp3) is 0.875. The Morgan fingerprint density at radius 2 is 1.42 bits per heavy atom. The van der Waals surface area contributed by atoms with Crippen molar-refractivity contribution < 1.29 is 0 Å². The Morgan fingerprint density at radius 1 is 1.00 bits per heavy atom. The summed E-state index contributed by atoms with van der Waals surface area (Å²) in [5, 5.41) is 0. The van der Waals surface area contributed by atoms with Crippen LogP contribution in [0, 0.1) is 6.42 Å². The summed E-state index contributed by atoms with van der Waals surface area (Å²) in [5.74, 6) is 0. The lowest BCUT2D eigenvalue weighted by atomic mass is 10.3. The van der Waals surface area contributed by atoms with Gasteiger partial charge in [-0.2, -0.15) is 0 Å². The summed E-state index contributed by atoms with van der Waals surface area (Å²) >= 11 is 0. The summed E-state index contributed by atoms with van der Waals surface area (Å²) in [6, 6.07) is 0.491. The average Bonchev–Trinajstić information content (AvgIpc) is 2.66. The minimum absolute atomic E-state index is 0.491. The molecule has 1 atom stereocenters. The van der Waals surface area contributed by atoms with Crippen LogP contribution in [0.25, 0.3) is 0 Å². The van der Waals surface area contributed by atoms with Crippen LogP contribution in [0.2, 0.25) is 0 Å². The van der Waals surface area contributed by atoms with Crippen LogP contribution >= 0.6 is 0 Å². The molecular formula is C8H25N4. The van der Waals surface area contributed by atoms with Crippen molar-refractivity contribution in [2.75, 3.05) is 21.1 Å². The highest BCUT2D eigenvalue weighted by Crippen LogP contribution is 2.13. The van der Waals surface area contributed by atoms with Gasteiger partial charge >= 0.3 is 0 Å². The summed E-state index contributed by atoms with van der Waals surface area (Å²) < 4.78 is 0. The van der Waals surface area contributed by atoms with Crippen LogP contribution in [0.15, 0.2) is 0 Å². The van der Waals surface area contributed by atoms with E-state index in [-0.39, 0.29) is 0 Å². The van der Waals surface area contributed by atoms with Crippen molar-refractivity contribution >= 4 is 0 Å². The summed E-state index contributed by atoms with van der Waals surface area (Å²) in [6.45, 7) is 0. The zero-order chi connectivity index (χ0) is 10.4. The van der Waals surface area contributed by atoms with Gasteiger partial charge in [-0.1, -0.05) is 0 Å². The molecule has 1 aliphatic rings. The monoisotopic (exact) mass is 177 g/mol.